The second-order valence-electron chi connectivity index (χ2n) is 6.04. The minimum atomic E-state index is -0.505. The van der Waals surface area contributed by atoms with Crippen LogP contribution in [0.1, 0.15) is 25.3 Å². The molecule has 2 aromatic carbocycles. The number of rotatable bonds is 6. The number of nitrogens with zero attached hydrogens (tertiary/aromatic N) is 1. The summed E-state index contributed by atoms with van der Waals surface area (Å²) in [4.78, 5) is 16.4. The normalized spacial score (nSPS) is 10.3. The highest BCUT2D eigenvalue weighted by atomic mass is 16.6. The second kappa shape index (κ2) is 8.81. The molecule has 132 valence electrons. The van der Waals surface area contributed by atoms with E-state index in [0.29, 0.717) is 11.4 Å². The number of anilines is 1. The first-order valence-corrected chi connectivity index (χ1v) is 8.83. The molecule has 1 aromatic heterocycles. The van der Waals surface area contributed by atoms with E-state index in [1.807, 2.05) is 48.7 Å². The number of nitrogens with one attached hydrogen (secondary N) is 1. The molecule has 1 N–H and O–H groups in total. The van der Waals surface area contributed by atoms with Crippen LogP contribution in [0.15, 0.2) is 73.1 Å². The van der Waals surface area contributed by atoms with Crippen molar-refractivity contribution in [1.82, 2.24) is 4.98 Å². The number of aromatic nitrogens is 1. The van der Waals surface area contributed by atoms with E-state index in [9.17, 15) is 4.79 Å². The van der Waals surface area contributed by atoms with Gasteiger partial charge in [-0.15, -0.1) is 0 Å². The highest BCUT2D eigenvalue weighted by molar-refractivity contribution is 5.87. The molecule has 0 saturated carbocycles. The Morgan fingerprint density at radius 2 is 1.92 bits per heavy atom. The largest absolute Gasteiger partial charge is 0.417 e. The lowest BCUT2D eigenvalue weighted by atomic mass is 9.96. The summed E-state index contributed by atoms with van der Waals surface area (Å²) in [5, 5.41) is 2.80. The van der Waals surface area contributed by atoms with Crippen LogP contribution in [0.4, 0.5) is 10.5 Å². The molecule has 3 aromatic rings. The van der Waals surface area contributed by atoms with Crippen LogP contribution in [0.2, 0.25) is 0 Å². The first-order valence-electron chi connectivity index (χ1n) is 8.83. The van der Waals surface area contributed by atoms with Gasteiger partial charge >= 0.3 is 6.09 Å². The summed E-state index contributed by atoms with van der Waals surface area (Å²) in [7, 11) is 0. The number of ether oxygens (including phenoxy) is 1. The van der Waals surface area contributed by atoms with Crippen molar-refractivity contribution in [2.75, 3.05) is 5.32 Å². The molecule has 0 aliphatic heterocycles. The van der Waals surface area contributed by atoms with Crippen LogP contribution in [0.25, 0.3) is 11.1 Å². The van der Waals surface area contributed by atoms with Crippen LogP contribution in [-0.2, 0) is 6.42 Å². The summed E-state index contributed by atoms with van der Waals surface area (Å²) in [6.45, 7) is 2.18. The van der Waals surface area contributed by atoms with Crippen molar-refractivity contribution in [1.29, 1.82) is 0 Å². The Hall–Kier alpha value is -3.14. The number of hydrogen-bond acceptors (Lipinski definition) is 3. The van der Waals surface area contributed by atoms with E-state index in [-0.39, 0.29) is 0 Å². The van der Waals surface area contributed by atoms with Gasteiger partial charge in [0, 0.05) is 23.6 Å². The molecular formula is C22H22N2O2. The quantitative estimate of drug-likeness (QED) is 0.622. The fraction of sp³-hybridized carbons (Fsp3) is 0.182. The molecule has 3 rings (SSSR count). The maximum absolute atomic E-state index is 12.1. The van der Waals surface area contributed by atoms with Crippen LogP contribution in [0.3, 0.4) is 0 Å². The number of benzene rings is 2. The number of aryl methyl sites for hydroxylation is 1. The van der Waals surface area contributed by atoms with E-state index in [2.05, 4.69) is 23.3 Å². The third kappa shape index (κ3) is 4.70. The Morgan fingerprint density at radius 3 is 2.65 bits per heavy atom. The Labute approximate surface area is 153 Å². The summed E-state index contributed by atoms with van der Waals surface area (Å²) < 4.78 is 5.30. The average molecular weight is 346 g/mol. The summed E-state index contributed by atoms with van der Waals surface area (Å²) in [6, 6.07) is 18.9. The number of hydrogen-bond donors (Lipinski definition) is 1. The topological polar surface area (TPSA) is 51.2 Å². The number of para-hydroxylation sites is 1. The van der Waals surface area contributed by atoms with Crippen molar-refractivity contribution >= 4 is 11.8 Å². The smallest absolute Gasteiger partial charge is 0.410 e. The molecule has 0 spiro atoms. The lowest BCUT2D eigenvalue weighted by Crippen LogP contribution is -2.16. The standard InChI is InChI=1S/C22H22N2O2/c1-2-3-8-17-12-13-19(15-21(17)18-9-7-14-23-16-18)24-22(25)26-20-10-5-4-6-11-20/h4-7,9-16H,2-3,8H2,1H3,(H,24,25). The van der Waals surface area contributed by atoms with E-state index < -0.39 is 6.09 Å². The van der Waals surface area contributed by atoms with E-state index in [4.69, 9.17) is 4.74 Å². The predicted molar refractivity (Wildman–Crippen MR) is 104 cm³/mol. The summed E-state index contributed by atoms with van der Waals surface area (Å²) in [5.41, 5.74) is 4.08. The number of carbonyl (C=O) groups excluding carboxylic acids is 1. The zero-order valence-electron chi connectivity index (χ0n) is 14.8. The molecule has 1 amide bonds. The zero-order chi connectivity index (χ0) is 18.2. The van der Waals surface area contributed by atoms with Gasteiger partial charge in [-0.1, -0.05) is 43.7 Å². The maximum atomic E-state index is 12.1. The van der Waals surface area contributed by atoms with Crippen LogP contribution in [0, 0.1) is 0 Å². The van der Waals surface area contributed by atoms with Crippen LogP contribution in [0.5, 0.6) is 5.75 Å². The van der Waals surface area contributed by atoms with Crippen molar-refractivity contribution < 1.29 is 9.53 Å². The van der Waals surface area contributed by atoms with Gasteiger partial charge in [0.15, 0.2) is 0 Å². The molecule has 0 radical (unpaired) electrons. The highest BCUT2D eigenvalue weighted by Gasteiger charge is 2.10. The van der Waals surface area contributed by atoms with Crippen molar-refractivity contribution in [2.24, 2.45) is 0 Å². The first kappa shape index (κ1) is 17.7. The number of unbranched alkanes of at least 4 members (excludes halogenated alkanes) is 1. The third-order valence-corrected chi connectivity index (χ3v) is 4.08. The minimum Gasteiger partial charge on any atom is -0.410 e. The van der Waals surface area contributed by atoms with Crippen molar-refractivity contribution in [3.63, 3.8) is 0 Å². The summed E-state index contributed by atoms with van der Waals surface area (Å²) >= 11 is 0. The Kier molecular flexibility index (Phi) is 5.99. The summed E-state index contributed by atoms with van der Waals surface area (Å²) in [6.07, 6.45) is 6.35. The molecule has 0 atom stereocenters. The van der Waals surface area contributed by atoms with E-state index in [1.165, 1.54) is 5.56 Å². The summed E-state index contributed by atoms with van der Waals surface area (Å²) in [5.74, 6) is 0.511. The Balaban J connectivity index is 1.80. The maximum Gasteiger partial charge on any atom is 0.417 e. The van der Waals surface area contributed by atoms with Crippen LogP contribution in [-0.4, -0.2) is 11.1 Å². The minimum absolute atomic E-state index is 0.505. The molecule has 1 heterocycles. The van der Waals surface area contributed by atoms with Gasteiger partial charge in [0.1, 0.15) is 5.75 Å². The van der Waals surface area contributed by atoms with Gasteiger partial charge in [-0.05, 0) is 54.3 Å². The van der Waals surface area contributed by atoms with E-state index >= 15 is 0 Å². The van der Waals surface area contributed by atoms with Gasteiger partial charge in [0.2, 0.25) is 0 Å². The first-order chi connectivity index (χ1) is 12.8. The van der Waals surface area contributed by atoms with Crippen molar-refractivity contribution in [2.45, 2.75) is 26.2 Å². The number of carbonyl (C=O) groups is 1. The molecular weight excluding hydrogens is 324 g/mol. The van der Waals surface area contributed by atoms with Crippen LogP contribution >= 0.6 is 0 Å². The van der Waals surface area contributed by atoms with E-state index in [0.717, 1.165) is 30.4 Å². The highest BCUT2D eigenvalue weighted by Crippen LogP contribution is 2.28. The molecule has 0 unspecified atom stereocenters. The molecule has 0 aliphatic rings. The Morgan fingerprint density at radius 1 is 1.08 bits per heavy atom. The van der Waals surface area contributed by atoms with Crippen molar-refractivity contribution in [3.05, 3.63) is 78.6 Å². The predicted octanol–water partition coefficient (Wildman–Crippen LogP) is 5.70. The third-order valence-electron chi connectivity index (χ3n) is 4.08. The van der Waals surface area contributed by atoms with Gasteiger partial charge in [-0.25, -0.2) is 4.79 Å². The number of amides is 1. The fourth-order valence-corrected chi connectivity index (χ4v) is 2.77. The lowest BCUT2D eigenvalue weighted by Gasteiger charge is -2.13. The van der Waals surface area contributed by atoms with Crippen LogP contribution < -0.4 is 10.1 Å². The van der Waals surface area contributed by atoms with Gasteiger partial charge < -0.3 is 4.74 Å². The Bertz CT molecular complexity index is 849. The SMILES string of the molecule is CCCCc1ccc(NC(=O)Oc2ccccc2)cc1-c1cccnc1. The number of pyridine rings is 1. The second-order valence-corrected chi connectivity index (χ2v) is 6.04. The van der Waals surface area contributed by atoms with Gasteiger partial charge in [0.05, 0.1) is 0 Å². The molecule has 0 bridgehead atoms. The molecule has 4 heteroatoms. The van der Waals surface area contributed by atoms with Gasteiger partial charge in [-0.3, -0.25) is 10.3 Å². The van der Waals surface area contributed by atoms with Gasteiger partial charge in [0.25, 0.3) is 0 Å². The molecule has 4 nitrogen and oxygen atoms in total. The fourth-order valence-electron chi connectivity index (χ4n) is 2.77. The molecule has 26 heavy (non-hydrogen) atoms. The van der Waals surface area contributed by atoms with E-state index in [1.54, 1.807) is 18.3 Å². The zero-order valence-corrected chi connectivity index (χ0v) is 14.8. The monoisotopic (exact) mass is 346 g/mol. The molecule has 0 aliphatic carbocycles. The van der Waals surface area contributed by atoms with Crippen molar-refractivity contribution in [3.8, 4) is 16.9 Å². The average Bonchev–Trinajstić information content (AvgIpc) is 2.68. The molecule has 0 fully saturated rings. The lowest BCUT2D eigenvalue weighted by molar-refractivity contribution is 0.215. The molecule has 0 saturated heterocycles. The van der Waals surface area contributed by atoms with Gasteiger partial charge in [-0.2, -0.15) is 0 Å².